The molecular weight excluding hydrogens is 265 g/mol. The van der Waals surface area contributed by atoms with Crippen molar-refractivity contribution in [3.8, 4) is 0 Å². The first-order valence-corrected chi connectivity index (χ1v) is 6.22. The molecule has 0 bridgehead atoms. The second kappa shape index (κ2) is 3.36. The maximum Gasteiger partial charge on any atom is 0.152 e. The Balaban J connectivity index is 2.64. The molecule has 1 saturated heterocycles. The van der Waals surface area contributed by atoms with Crippen molar-refractivity contribution in [2.75, 3.05) is 24.6 Å². The molecule has 3 nitrogen and oxygen atoms in total. The zero-order valence-corrected chi connectivity index (χ0v) is 8.48. The van der Waals surface area contributed by atoms with Crippen LogP contribution in [0.1, 0.15) is 0 Å². The fraction of sp³-hybridized carbons (Fsp3) is 1.00. The summed E-state index contributed by atoms with van der Waals surface area (Å²) in [5.74, 6) is 0.632. The molecule has 1 aliphatic rings. The first-order chi connectivity index (χ1) is 4.60. The molecule has 1 unspecified atom stereocenters. The Kier molecular flexibility index (Phi) is 2.93. The van der Waals surface area contributed by atoms with Gasteiger partial charge in [-0.25, -0.2) is 8.42 Å². The van der Waals surface area contributed by atoms with Crippen LogP contribution in [0.15, 0.2) is 0 Å². The summed E-state index contributed by atoms with van der Waals surface area (Å²) < 4.78 is 22.3. The van der Waals surface area contributed by atoms with Gasteiger partial charge in [0.15, 0.2) is 9.84 Å². The molecule has 1 heterocycles. The maximum absolute atomic E-state index is 11.0. The van der Waals surface area contributed by atoms with E-state index in [2.05, 4.69) is 27.9 Å². The van der Waals surface area contributed by atoms with Crippen LogP contribution in [-0.4, -0.2) is 36.9 Å². The maximum atomic E-state index is 11.0. The summed E-state index contributed by atoms with van der Waals surface area (Å²) in [6.45, 7) is 1.43. The van der Waals surface area contributed by atoms with Crippen LogP contribution in [0.25, 0.3) is 0 Å². The van der Waals surface area contributed by atoms with Crippen LogP contribution in [0.5, 0.6) is 0 Å². The van der Waals surface area contributed by atoms with Crippen LogP contribution in [0.3, 0.4) is 0 Å². The number of rotatable bonds is 0. The van der Waals surface area contributed by atoms with Crippen molar-refractivity contribution in [2.24, 2.45) is 0 Å². The average Bonchev–Trinajstić information content (AvgIpc) is 1.90. The highest BCUT2D eigenvalue weighted by Crippen LogP contribution is 2.06. The first-order valence-electron chi connectivity index (χ1n) is 3.15. The number of alkyl halides is 1. The summed E-state index contributed by atoms with van der Waals surface area (Å²) in [6.07, 6.45) is 0. The van der Waals surface area contributed by atoms with E-state index in [4.69, 9.17) is 0 Å². The van der Waals surface area contributed by atoms with Gasteiger partial charge in [-0.2, -0.15) is 0 Å². The lowest BCUT2D eigenvalue weighted by molar-refractivity contribution is 0.597. The molecule has 60 valence electrons. The Labute approximate surface area is 74.6 Å². The first kappa shape index (κ1) is 8.73. The van der Waals surface area contributed by atoms with E-state index in [-0.39, 0.29) is 3.92 Å². The Morgan fingerprint density at radius 3 is 2.90 bits per heavy atom. The lowest BCUT2D eigenvalue weighted by Gasteiger charge is -2.02. The van der Waals surface area contributed by atoms with Gasteiger partial charge in [0.25, 0.3) is 0 Å². The summed E-state index contributed by atoms with van der Waals surface area (Å²) in [4.78, 5) is 0. The van der Waals surface area contributed by atoms with Crippen LogP contribution >= 0.6 is 22.6 Å². The van der Waals surface area contributed by atoms with E-state index in [0.717, 1.165) is 6.54 Å². The highest BCUT2D eigenvalue weighted by atomic mass is 127. The van der Waals surface area contributed by atoms with Gasteiger partial charge in [0.05, 0.1) is 11.5 Å². The Bertz CT molecular complexity index is 202. The standard InChI is InChI=1S/C5H10INO2S/c6-5-3-7-1-2-10(8,9)4-5/h5,7H,1-4H2. The summed E-state index contributed by atoms with van der Waals surface area (Å²) >= 11 is 2.17. The third-order valence-corrected chi connectivity index (χ3v) is 4.61. The Morgan fingerprint density at radius 1 is 1.50 bits per heavy atom. The summed E-state index contributed by atoms with van der Waals surface area (Å²) in [5, 5.41) is 3.07. The van der Waals surface area contributed by atoms with Gasteiger partial charge in [-0.05, 0) is 0 Å². The second-order valence-corrected chi connectivity index (χ2v) is 6.41. The smallest absolute Gasteiger partial charge is 0.152 e. The van der Waals surface area contributed by atoms with Gasteiger partial charge in [0.1, 0.15) is 0 Å². The van der Waals surface area contributed by atoms with Crippen molar-refractivity contribution >= 4 is 32.4 Å². The molecule has 1 atom stereocenters. The van der Waals surface area contributed by atoms with Crippen LogP contribution in [-0.2, 0) is 9.84 Å². The predicted octanol–water partition coefficient (Wildman–Crippen LogP) is -0.192. The van der Waals surface area contributed by atoms with E-state index in [0.29, 0.717) is 18.1 Å². The molecule has 1 aliphatic heterocycles. The lowest BCUT2D eigenvalue weighted by Crippen LogP contribution is -2.22. The molecule has 0 saturated carbocycles. The molecule has 0 spiro atoms. The van der Waals surface area contributed by atoms with Crippen molar-refractivity contribution in [3.63, 3.8) is 0 Å². The number of sulfone groups is 1. The fourth-order valence-corrected chi connectivity index (χ4v) is 4.15. The number of hydrogen-bond acceptors (Lipinski definition) is 3. The Hall–Kier alpha value is 0.640. The largest absolute Gasteiger partial charge is 0.315 e. The third kappa shape index (κ3) is 2.71. The monoisotopic (exact) mass is 275 g/mol. The van der Waals surface area contributed by atoms with Gasteiger partial charge in [0.2, 0.25) is 0 Å². The minimum absolute atomic E-state index is 0.241. The van der Waals surface area contributed by atoms with E-state index < -0.39 is 9.84 Å². The fourth-order valence-electron chi connectivity index (χ4n) is 0.904. The normalized spacial score (nSPS) is 33.1. The molecule has 1 N–H and O–H groups in total. The zero-order valence-electron chi connectivity index (χ0n) is 5.51. The van der Waals surface area contributed by atoms with Crippen LogP contribution in [0.4, 0.5) is 0 Å². The van der Waals surface area contributed by atoms with Crippen LogP contribution < -0.4 is 5.32 Å². The quantitative estimate of drug-likeness (QED) is 0.492. The molecule has 0 amide bonds. The van der Waals surface area contributed by atoms with Gasteiger partial charge in [0, 0.05) is 17.0 Å². The van der Waals surface area contributed by atoms with Gasteiger partial charge < -0.3 is 5.32 Å². The number of hydrogen-bond donors (Lipinski definition) is 1. The highest BCUT2D eigenvalue weighted by molar-refractivity contribution is 14.1. The SMILES string of the molecule is O=S1(=O)CCNCC(I)C1. The molecule has 0 aromatic carbocycles. The average molecular weight is 275 g/mol. The van der Waals surface area contributed by atoms with E-state index in [1.807, 2.05) is 0 Å². The lowest BCUT2D eigenvalue weighted by atomic mass is 10.5. The highest BCUT2D eigenvalue weighted by Gasteiger charge is 2.19. The number of halogens is 1. The van der Waals surface area contributed by atoms with Crippen molar-refractivity contribution < 1.29 is 8.42 Å². The van der Waals surface area contributed by atoms with Gasteiger partial charge in [-0.3, -0.25) is 0 Å². The summed E-state index contributed by atoms with van der Waals surface area (Å²) in [5.41, 5.74) is 0. The number of nitrogens with one attached hydrogen (secondary N) is 1. The summed E-state index contributed by atoms with van der Waals surface area (Å²) in [6, 6.07) is 0. The van der Waals surface area contributed by atoms with Crippen molar-refractivity contribution in [1.82, 2.24) is 5.32 Å². The van der Waals surface area contributed by atoms with Crippen LogP contribution in [0, 0.1) is 0 Å². The third-order valence-electron chi connectivity index (χ3n) is 1.39. The Morgan fingerprint density at radius 2 is 2.20 bits per heavy atom. The molecule has 1 rings (SSSR count). The molecule has 0 aliphatic carbocycles. The van der Waals surface area contributed by atoms with E-state index in [9.17, 15) is 8.42 Å². The van der Waals surface area contributed by atoms with Crippen molar-refractivity contribution in [3.05, 3.63) is 0 Å². The van der Waals surface area contributed by atoms with E-state index in [1.54, 1.807) is 0 Å². The molecule has 0 aromatic rings. The topological polar surface area (TPSA) is 46.2 Å². The van der Waals surface area contributed by atoms with Gasteiger partial charge in [-0.1, -0.05) is 22.6 Å². The van der Waals surface area contributed by atoms with Crippen molar-refractivity contribution in [1.29, 1.82) is 0 Å². The zero-order chi connectivity index (χ0) is 7.61. The molecule has 5 heteroatoms. The predicted molar refractivity (Wildman–Crippen MR) is 49.3 cm³/mol. The second-order valence-electron chi connectivity index (χ2n) is 2.42. The molecular formula is C5H10INO2S. The minimum atomic E-state index is -2.74. The molecule has 0 aromatic heterocycles. The van der Waals surface area contributed by atoms with E-state index in [1.165, 1.54) is 0 Å². The summed E-state index contributed by atoms with van der Waals surface area (Å²) in [7, 11) is -2.74. The van der Waals surface area contributed by atoms with Gasteiger partial charge in [-0.15, -0.1) is 0 Å². The molecule has 10 heavy (non-hydrogen) atoms. The van der Waals surface area contributed by atoms with Crippen molar-refractivity contribution in [2.45, 2.75) is 3.92 Å². The van der Waals surface area contributed by atoms with E-state index >= 15 is 0 Å². The minimum Gasteiger partial charge on any atom is -0.315 e. The molecule has 1 fully saturated rings. The van der Waals surface area contributed by atoms with Crippen LogP contribution in [0.2, 0.25) is 0 Å². The van der Waals surface area contributed by atoms with Gasteiger partial charge >= 0.3 is 0 Å². The molecule has 0 radical (unpaired) electrons.